The number of methoxy groups -OCH3 is 1. The van der Waals surface area contributed by atoms with Gasteiger partial charge in [-0.15, -0.1) is 6.58 Å². The van der Waals surface area contributed by atoms with E-state index in [1.54, 1.807) is 43.5 Å². The van der Waals surface area contributed by atoms with Crippen molar-refractivity contribution in [2.45, 2.75) is 19.8 Å². The molecule has 3 aromatic rings. The molecule has 0 atom stereocenters. The number of carbonyl (C=O) groups is 1. The van der Waals surface area contributed by atoms with E-state index < -0.39 is 5.91 Å². The zero-order valence-electron chi connectivity index (χ0n) is 18.2. The van der Waals surface area contributed by atoms with Crippen LogP contribution in [0.3, 0.4) is 0 Å². The first-order chi connectivity index (χ1) is 15.4. The van der Waals surface area contributed by atoms with Crippen LogP contribution in [0.4, 0.5) is 5.69 Å². The Morgan fingerprint density at radius 3 is 2.44 bits per heavy atom. The molecule has 3 rings (SSSR count). The third-order valence-electron chi connectivity index (χ3n) is 5.00. The predicted molar refractivity (Wildman–Crippen MR) is 133 cm³/mol. The number of amides is 1. The fourth-order valence-corrected chi connectivity index (χ4v) is 3.44. The van der Waals surface area contributed by atoms with Crippen LogP contribution in [0.15, 0.2) is 72.8 Å². The molecule has 0 unspecified atom stereocenters. The maximum atomic E-state index is 13.2. The minimum atomic E-state index is -0.420. The quantitative estimate of drug-likeness (QED) is 0.289. The molecule has 0 bridgehead atoms. The lowest BCUT2D eigenvalue weighted by Crippen LogP contribution is -2.15. The molecule has 2 N–H and O–H groups in total. The number of anilines is 1. The van der Waals surface area contributed by atoms with E-state index in [0.717, 1.165) is 11.1 Å². The number of halogens is 1. The van der Waals surface area contributed by atoms with Crippen molar-refractivity contribution in [3.8, 4) is 11.5 Å². The summed E-state index contributed by atoms with van der Waals surface area (Å²) in [5.74, 6) is 0.0149. The SMILES string of the molecule is C=C(C)CCc1c(OC)cc(/C=C/c2ccccc2)c(C(=O)Nc2ccc(Cl)cc2)c1O. The predicted octanol–water partition coefficient (Wildman–Crippen LogP) is 6.99. The number of phenolic OH excluding ortho intramolecular Hbond substituents is 1. The van der Waals surface area contributed by atoms with Crippen molar-refractivity contribution in [1.82, 2.24) is 0 Å². The minimum Gasteiger partial charge on any atom is -0.507 e. The Balaban J connectivity index is 2.07. The van der Waals surface area contributed by atoms with Gasteiger partial charge in [0, 0.05) is 16.3 Å². The van der Waals surface area contributed by atoms with E-state index in [9.17, 15) is 9.90 Å². The third-order valence-corrected chi connectivity index (χ3v) is 5.25. The standard InChI is InChI=1S/C27H26ClNO3/c1-18(2)9-16-23-24(32-3)17-20(11-10-19-7-5-4-6-8-19)25(26(23)30)27(31)29-22-14-12-21(28)13-15-22/h4-8,10-15,17,30H,1,9,16H2,2-3H3,(H,29,31)/b11-10+. The molecule has 0 aromatic heterocycles. The molecule has 1 amide bonds. The van der Waals surface area contributed by atoms with Crippen LogP contribution >= 0.6 is 11.6 Å². The van der Waals surface area contributed by atoms with Crippen molar-refractivity contribution >= 4 is 35.3 Å². The molecule has 0 heterocycles. The van der Waals surface area contributed by atoms with Crippen LogP contribution < -0.4 is 10.1 Å². The lowest BCUT2D eigenvalue weighted by Gasteiger charge is -2.17. The van der Waals surface area contributed by atoms with Gasteiger partial charge in [0.1, 0.15) is 11.5 Å². The fourth-order valence-electron chi connectivity index (χ4n) is 3.31. The lowest BCUT2D eigenvalue weighted by molar-refractivity contribution is 0.102. The van der Waals surface area contributed by atoms with E-state index >= 15 is 0 Å². The summed E-state index contributed by atoms with van der Waals surface area (Å²) in [6.07, 6.45) is 4.87. The van der Waals surface area contributed by atoms with Crippen LogP contribution in [0, 0.1) is 0 Å². The summed E-state index contributed by atoms with van der Waals surface area (Å²) < 4.78 is 5.55. The van der Waals surface area contributed by atoms with Gasteiger partial charge in [-0.25, -0.2) is 0 Å². The summed E-state index contributed by atoms with van der Waals surface area (Å²) in [5.41, 5.74) is 3.84. The normalized spacial score (nSPS) is 10.8. The number of aromatic hydroxyl groups is 1. The molecule has 0 aliphatic rings. The second kappa shape index (κ2) is 10.7. The van der Waals surface area contributed by atoms with Gasteiger partial charge in [-0.1, -0.05) is 59.7 Å². The van der Waals surface area contributed by atoms with Crippen molar-refractivity contribution in [3.63, 3.8) is 0 Å². The van der Waals surface area contributed by atoms with Crippen molar-refractivity contribution in [3.05, 3.63) is 100 Å². The van der Waals surface area contributed by atoms with Gasteiger partial charge in [0.25, 0.3) is 5.91 Å². The first-order valence-corrected chi connectivity index (χ1v) is 10.6. The summed E-state index contributed by atoms with van der Waals surface area (Å²) in [6, 6.07) is 18.3. The molecule has 0 saturated heterocycles. The molecule has 5 heteroatoms. The van der Waals surface area contributed by atoms with E-state index in [-0.39, 0.29) is 11.3 Å². The summed E-state index contributed by atoms with van der Waals surface area (Å²) in [7, 11) is 1.55. The largest absolute Gasteiger partial charge is 0.507 e. The first-order valence-electron chi connectivity index (χ1n) is 10.3. The summed E-state index contributed by atoms with van der Waals surface area (Å²) >= 11 is 5.95. The Hall–Kier alpha value is -3.50. The number of hydrogen-bond acceptors (Lipinski definition) is 3. The minimum absolute atomic E-state index is 0.0928. The number of phenols is 1. The Kier molecular flexibility index (Phi) is 7.74. The van der Waals surface area contributed by atoms with Gasteiger partial charge in [-0.05, 0) is 61.2 Å². The van der Waals surface area contributed by atoms with Gasteiger partial charge in [0.15, 0.2) is 0 Å². The summed E-state index contributed by atoms with van der Waals surface area (Å²) in [5, 5.41) is 14.6. The Morgan fingerprint density at radius 2 is 1.81 bits per heavy atom. The molecular weight excluding hydrogens is 422 g/mol. The average molecular weight is 448 g/mol. The maximum absolute atomic E-state index is 13.2. The Morgan fingerprint density at radius 1 is 1.12 bits per heavy atom. The third kappa shape index (κ3) is 5.80. The zero-order chi connectivity index (χ0) is 23.1. The second-order valence-electron chi connectivity index (χ2n) is 7.53. The zero-order valence-corrected chi connectivity index (χ0v) is 18.9. The molecule has 0 saturated carbocycles. The molecule has 4 nitrogen and oxygen atoms in total. The van der Waals surface area contributed by atoms with Gasteiger partial charge in [-0.2, -0.15) is 0 Å². The maximum Gasteiger partial charge on any atom is 0.260 e. The number of hydrogen-bond donors (Lipinski definition) is 2. The number of ether oxygens (including phenoxy) is 1. The van der Waals surface area contributed by atoms with Gasteiger partial charge < -0.3 is 15.2 Å². The van der Waals surface area contributed by atoms with Crippen LogP contribution in [0.2, 0.25) is 5.02 Å². The molecule has 164 valence electrons. The van der Waals surface area contributed by atoms with Crippen LogP contribution in [0.25, 0.3) is 12.2 Å². The van der Waals surface area contributed by atoms with Gasteiger partial charge in [0.05, 0.1) is 12.7 Å². The smallest absolute Gasteiger partial charge is 0.260 e. The second-order valence-corrected chi connectivity index (χ2v) is 7.97. The van der Waals surface area contributed by atoms with Gasteiger partial charge >= 0.3 is 0 Å². The molecule has 0 fully saturated rings. The number of benzene rings is 3. The van der Waals surface area contributed by atoms with Crippen LogP contribution in [-0.4, -0.2) is 18.1 Å². The van der Waals surface area contributed by atoms with Crippen molar-refractivity contribution in [2.24, 2.45) is 0 Å². The highest BCUT2D eigenvalue weighted by molar-refractivity contribution is 6.30. The summed E-state index contributed by atoms with van der Waals surface area (Å²) in [6.45, 7) is 5.86. The molecule has 0 aliphatic carbocycles. The van der Waals surface area contributed by atoms with E-state index in [1.165, 1.54) is 0 Å². The topological polar surface area (TPSA) is 58.6 Å². The number of allylic oxidation sites excluding steroid dienone is 1. The first kappa shape index (κ1) is 23.2. The average Bonchev–Trinajstić information content (AvgIpc) is 2.78. The Bertz CT molecular complexity index is 1140. The van der Waals surface area contributed by atoms with E-state index in [0.29, 0.717) is 40.4 Å². The monoisotopic (exact) mass is 447 g/mol. The van der Waals surface area contributed by atoms with Gasteiger partial charge in [0.2, 0.25) is 0 Å². The summed E-state index contributed by atoms with van der Waals surface area (Å²) in [4.78, 5) is 13.2. The molecule has 0 radical (unpaired) electrons. The van der Waals surface area contributed by atoms with Crippen molar-refractivity contribution in [2.75, 3.05) is 12.4 Å². The highest BCUT2D eigenvalue weighted by Crippen LogP contribution is 2.37. The number of rotatable bonds is 8. The van der Waals surface area contributed by atoms with Crippen LogP contribution in [-0.2, 0) is 6.42 Å². The van der Waals surface area contributed by atoms with Gasteiger partial charge in [-0.3, -0.25) is 4.79 Å². The van der Waals surface area contributed by atoms with E-state index in [4.69, 9.17) is 16.3 Å². The highest BCUT2D eigenvalue weighted by Gasteiger charge is 2.22. The fraction of sp³-hybridized carbons (Fsp3) is 0.148. The Labute approximate surface area is 193 Å². The molecule has 0 spiro atoms. The van der Waals surface area contributed by atoms with E-state index in [2.05, 4.69) is 11.9 Å². The lowest BCUT2D eigenvalue weighted by atomic mass is 9.95. The van der Waals surface area contributed by atoms with Crippen LogP contribution in [0.5, 0.6) is 11.5 Å². The van der Waals surface area contributed by atoms with Crippen molar-refractivity contribution < 1.29 is 14.6 Å². The highest BCUT2D eigenvalue weighted by atomic mass is 35.5. The van der Waals surface area contributed by atoms with Crippen LogP contribution in [0.1, 0.15) is 40.4 Å². The molecule has 32 heavy (non-hydrogen) atoms. The molecule has 0 aliphatic heterocycles. The molecule has 3 aromatic carbocycles. The number of nitrogens with one attached hydrogen (secondary N) is 1. The molecular formula is C27H26ClNO3. The van der Waals surface area contributed by atoms with E-state index in [1.807, 2.05) is 43.3 Å². The van der Waals surface area contributed by atoms with Crippen molar-refractivity contribution in [1.29, 1.82) is 0 Å². The number of carbonyl (C=O) groups excluding carboxylic acids is 1.